The van der Waals surface area contributed by atoms with Gasteiger partial charge >= 0.3 is 0 Å². The van der Waals surface area contributed by atoms with E-state index < -0.39 is 0 Å². The number of hydrogen-bond acceptors (Lipinski definition) is 2. The average Bonchev–Trinajstić information content (AvgIpc) is 2.80. The van der Waals surface area contributed by atoms with Crippen LogP contribution in [0, 0.1) is 5.92 Å². The maximum atomic E-state index is 6.30. The first kappa shape index (κ1) is 15.1. The third-order valence-corrected chi connectivity index (χ3v) is 5.97. The van der Waals surface area contributed by atoms with Crippen LogP contribution in [0.25, 0.3) is 0 Å². The molecular weight excluding hydrogens is 256 g/mol. The van der Waals surface area contributed by atoms with Gasteiger partial charge in [-0.05, 0) is 68.7 Å². The van der Waals surface area contributed by atoms with Gasteiger partial charge in [-0.3, -0.25) is 4.90 Å². The van der Waals surface area contributed by atoms with Gasteiger partial charge in [-0.15, -0.1) is 0 Å². The minimum Gasteiger partial charge on any atom is -0.329 e. The minimum absolute atomic E-state index is 0.219. The Labute approximate surface area is 129 Å². The second-order valence-corrected chi connectivity index (χ2v) is 7.07. The van der Waals surface area contributed by atoms with Crippen LogP contribution in [-0.2, 0) is 12.8 Å². The molecule has 1 fully saturated rings. The molecule has 2 atom stereocenters. The number of fused-ring (bicyclic) bond motifs is 1. The van der Waals surface area contributed by atoms with Crippen molar-refractivity contribution in [1.29, 1.82) is 0 Å². The topological polar surface area (TPSA) is 29.3 Å². The third kappa shape index (κ3) is 3.02. The van der Waals surface area contributed by atoms with E-state index in [0.29, 0.717) is 0 Å². The highest BCUT2D eigenvalue weighted by Gasteiger charge is 2.39. The summed E-state index contributed by atoms with van der Waals surface area (Å²) in [6, 6.07) is 8.96. The highest BCUT2D eigenvalue weighted by atomic mass is 15.2. The van der Waals surface area contributed by atoms with E-state index in [1.54, 1.807) is 5.56 Å². The van der Waals surface area contributed by atoms with Crippen molar-refractivity contribution >= 4 is 0 Å². The van der Waals surface area contributed by atoms with Gasteiger partial charge in [-0.2, -0.15) is 0 Å². The largest absolute Gasteiger partial charge is 0.329 e. The number of aryl methyl sites for hydroxylation is 1. The molecule has 1 heterocycles. The number of nitrogens with zero attached hydrogens (tertiary/aromatic N) is 1. The Morgan fingerprint density at radius 3 is 2.76 bits per heavy atom. The van der Waals surface area contributed by atoms with Crippen LogP contribution in [0.4, 0.5) is 0 Å². The van der Waals surface area contributed by atoms with E-state index in [-0.39, 0.29) is 5.54 Å². The molecule has 0 aromatic heterocycles. The Hall–Kier alpha value is -0.860. The number of nitrogens with two attached hydrogens (primary N) is 1. The maximum Gasteiger partial charge on any atom is 0.0375 e. The number of hydrogen-bond donors (Lipinski definition) is 1. The summed E-state index contributed by atoms with van der Waals surface area (Å²) < 4.78 is 0. The fraction of sp³-hybridized carbons (Fsp3) is 0.684. The normalized spacial score (nSPS) is 30.7. The van der Waals surface area contributed by atoms with Gasteiger partial charge in [0.25, 0.3) is 0 Å². The second-order valence-electron chi connectivity index (χ2n) is 7.07. The van der Waals surface area contributed by atoms with Crippen molar-refractivity contribution < 1.29 is 0 Å². The van der Waals surface area contributed by atoms with Crippen LogP contribution in [0.15, 0.2) is 24.3 Å². The summed E-state index contributed by atoms with van der Waals surface area (Å²) >= 11 is 0. The molecular formula is C19H30N2. The van der Waals surface area contributed by atoms with Gasteiger partial charge in [0.2, 0.25) is 0 Å². The monoisotopic (exact) mass is 286 g/mol. The molecule has 0 amide bonds. The predicted molar refractivity (Wildman–Crippen MR) is 89.5 cm³/mol. The molecule has 0 saturated carbocycles. The molecule has 0 spiro atoms. The van der Waals surface area contributed by atoms with Crippen molar-refractivity contribution in [3.8, 4) is 0 Å². The SMILES string of the molecule is CCC1CCCN(C2(CN)CCc3ccccc3C2)CC1. The third-order valence-electron chi connectivity index (χ3n) is 5.97. The Balaban J connectivity index is 1.78. The Morgan fingerprint density at radius 2 is 2.00 bits per heavy atom. The first-order chi connectivity index (χ1) is 10.3. The van der Waals surface area contributed by atoms with Gasteiger partial charge in [0, 0.05) is 12.1 Å². The lowest BCUT2D eigenvalue weighted by atomic mass is 9.76. The van der Waals surface area contributed by atoms with Crippen molar-refractivity contribution in [2.24, 2.45) is 11.7 Å². The molecule has 0 bridgehead atoms. The zero-order chi connectivity index (χ0) is 14.7. The van der Waals surface area contributed by atoms with Crippen molar-refractivity contribution in [3.63, 3.8) is 0 Å². The lowest BCUT2D eigenvalue weighted by Crippen LogP contribution is -2.57. The highest BCUT2D eigenvalue weighted by Crippen LogP contribution is 2.35. The summed E-state index contributed by atoms with van der Waals surface area (Å²) in [5, 5.41) is 0. The van der Waals surface area contributed by atoms with Gasteiger partial charge in [0.1, 0.15) is 0 Å². The average molecular weight is 286 g/mol. The lowest BCUT2D eigenvalue weighted by molar-refractivity contribution is 0.0816. The van der Waals surface area contributed by atoms with E-state index in [1.807, 2.05) is 0 Å². The van der Waals surface area contributed by atoms with Gasteiger partial charge in [-0.25, -0.2) is 0 Å². The molecule has 1 aromatic rings. The van der Waals surface area contributed by atoms with Crippen molar-refractivity contribution in [3.05, 3.63) is 35.4 Å². The quantitative estimate of drug-likeness (QED) is 0.923. The number of likely N-dealkylation sites (tertiary alicyclic amines) is 1. The minimum atomic E-state index is 0.219. The summed E-state index contributed by atoms with van der Waals surface area (Å²) in [6.07, 6.45) is 9.03. The summed E-state index contributed by atoms with van der Waals surface area (Å²) in [4.78, 5) is 2.75. The predicted octanol–water partition coefficient (Wildman–Crippen LogP) is 3.38. The number of benzene rings is 1. The van der Waals surface area contributed by atoms with E-state index in [0.717, 1.165) is 18.9 Å². The zero-order valence-electron chi connectivity index (χ0n) is 13.5. The van der Waals surface area contributed by atoms with Crippen molar-refractivity contribution in [2.45, 2.75) is 57.4 Å². The number of rotatable bonds is 3. The molecule has 1 aliphatic carbocycles. The Morgan fingerprint density at radius 1 is 1.19 bits per heavy atom. The first-order valence-corrected chi connectivity index (χ1v) is 8.79. The standard InChI is InChI=1S/C19H30N2/c1-2-16-6-5-12-21(13-10-16)19(15-20)11-9-17-7-3-4-8-18(17)14-19/h3-4,7-8,16H,2,5-6,9-15,20H2,1H3. The zero-order valence-corrected chi connectivity index (χ0v) is 13.5. The highest BCUT2D eigenvalue weighted by molar-refractivity contribution is 5.32. The molecule has 21 heavy (non-hydrogen) atoms. The first-order valence-electron chi connectivity index (χ1n) is 8.79. The van der Waals surface area contributed by atoms with Crippen molar-refractivity contribution in [2.75, 3.05) is 19.6 Å². The van der Waals surface area contributed by atoms with Crippen LogP contribution in [0.5, 0.6) is 0 Å². The summed E-state index contributed by atoms with van der Waals surface area (Å²) in [7, 11) is 0. The van der Waals surface area contributed by atoms with Crippen LogP contribution >= 0.6 is 0 Å². The smallest absolute Gasteiger partial charge is 0.0375 e. The van der Waals surface area contributed by atoms with E-state index in [2.05, 4.69) is 36.1 Å². The molecule has 1 saturated heterocycles. The fourth-order valence-corrected chi connectivity index (χ4v) is 4.41. The molecule has 2 unspecified atom stereocenters. The van der Waals surface area contributed by atoms with Gasteiger partial charge in [-0.1, -0.05) is 37.6 Å². The Bertz CT molecular complexity index is 470. The molecule has 2 heteroatoms. The molecule has 1 aliphatic heterocycles. The van der Waals surface area contributed by atoms with Gasteiger partial charge < -0.3 is 5.73 Å². The molecule has 116 valence electrons. The fourth-order valence-electron chi connectivity index (χ4n) is 4.41. The summed E-state index contributed by atoms with van der Waals surface area (Å²) in [5.41, 5.74) is 9.60. The van der Waals surface area contributed by atoms with Crippen LogP contribution in [0.3, 0.4) is 0 Å². The second kappa shape index (κ2) is 6.50. The molecule has 2 N–H and O–H groups in total. The van der Waals surface area contributed by atoms with E-state index in [9.17, 15) is 0 Å². The van der Waals surface area contributed by atoms with Crippen LogP contribution in [-0.4, -0.2) is 30.1 Å². The molecule has 1 aromatic carbocycles. The lowest BCUT2D eigenvalue weighted by Gasteiger charge is -2.46. The van der Waals surface area contributed by atoms with Crippen LogP contribution in [0.2, 0.25) is 0 Å². The molecule has 0 radical (unpaired) electrons. The van der Waals surface area contributed by atoms with Gasteiger partial charge in [0.05, 0.1) is 0 Å². The molecule has 2 aliphatic rings. The van der Waals surface area contributed by atoms with Gasteiger partial charge in [0.15, 0.2) is 0 Å². The van der Waals surface area contributed by atoms with E-state index in [4.69, 9.17) is 5.73 Å². The summed E-state index contributed by atoms with van der Waals surface area (Å²) in [6.45, 7) is 5.64. The molecule has 2 nitrogen and oxygen atoms in total. The van der Waals surface area contributed by atoms with Crippen molar-refractivity contribution in [1.82, 2.24) is 4.90 Å². The maximum absolute atomic E-state index is 6.30. The molecule has 3 rings (SSSR count). The summed E-state index contributed by atoms with van der Waals surface area (Å²) in [5.74, 6) is 0.931. The Kier molecular flexibility index (Phi) is 4.66. The van der Waals surface area contributed by atoms with E-state index >= 15 is 0 Å². The van der Waals surface area contributed by atoms with Crippen LogP contribution < -0.4 is 5.73 Å². The van der Waals surface area contributed by atoms with E-state index in [1.165, 1.54) is 57.2 Å². The van der Waals surface area contributed by atoms with Crippen LogP contribution in [0.1, 0.15) is 50.2 Å².